The molecule has 3 atom stereocenters. The van der Waals surface area contributed by atoms with Gasteiger partial charge in [-0.05, 0) is 71.8 Å². The van der Waals surface area contributed by atoms with Crippen LogP contribution in [0.3, 0.4) is 0 Å². The van der Waals surface area contributed by atoms with Gasteiger partial charge in [-0.2, -0.15) is 5.10 Å². The Morgan fingerprint density at radius 1 is 1.44 bits per heavy atom. The van der Waals surface area contributed by atoms with Crippen molar-refractivity contribution in [3.63, 3.8) is 0 Å². The molecule has 0 saturated heterocycles. The number of fused-ring (bicyclic) bond motifs is 1. The molecule has 0 radical (unpaired) electrons. The molecule has 134 valence electrons. The monoisotopic (exact) mass is 472 g/mol. The Hall–Kier alpha value is -1.01. The smallest absolute Gasteiger partial charge is 0.316 e. The van der Waals surface area contributed by atoms with E-state index in [-0.39, 0.29) is 17.7 Å². The first-order valence-electron chi connectivity index (χ1n) is 8.60. The summed E-state index contributed by atoms with van der Waals surface area (Å²) < 4.78 is 7.09. The van der Waals surface area contributed by atoms with E-state index >= 15 is 0 Å². The van der Waals surface area contributed by atoms with Crippen molar-refractivity contribution in [1.82, 2.24) is 9.55 Å². The van der Waals surface area contributed by atoms with Crippen LogP contribution < -0.4 is 0 Å². The Morgan fingerprint density at radius 3 is 2.96 bits per heavy atom. The van der Waals surface area contributed by atoms with Gasteiger partial charge in [-0.25, -0.2) is 4.45 Å². The van der Waals surface area contributed by atoms with Crippen LogP contribution in [0.2, 0.25) is 0 Å². The van der Waals surface area contributed by atoms with Crippen molar-refractivity contribution >= 4 is 51.1 Å². The molecule has 1 aliphatic carbocycles. The topological polar surface area (TPSA) is 61.2 Å². The van der Waals surface area contributed by atoms with Gasteiger partial charge in [0, 0.05) is 11.8 Å². The summed E-state index contributed by atoms with van der Waals surface area (Å²) in [5, 5.41) is 5.62. The molecule has 1 saturated carbocycles. The molecule has 1 aromatic carbocycles. The van der Waals surface area contributed by atoms with Crippen LogP contribution in [0, 0.1) is 12.8 Å². The number of esters is 1. The zero-order chi connectivity index (χ0) is 18.0. The lowest BCUT2D eigenvalue weighted by atomic mass is 9.86. The molecule has 0 N–H and O–H groups in total. The number of Topliss-reactive ketones (excluding diaryl/α,β-unsaturated/α-hetero) is 1. The quantitative estimate of drug-likeness (QED) is 0.216. The number of ether oxygens (including phenoxy) is 1. The van der Waals surface area contributed by atoms with Gasteiger partial charge in [0.05, 0.1) is 24.7 Å². The first-order valence-corrected chi connectivity index (χ1v) is 12.7. The standard InChI is InChI=1S/C18H22IN2O3P/c1-3-24-18(23)13-6-4-5-12(9-16(13)22)17-11(2)7-8-15-14(17)10-20-21(15)25-19/h7-8,10,12-13,25H,3-6,9H2,1-2H3. The minimum Gasteiger partial charge on any atom is -0.465 e. The fourth-order valence-corrected chi connectivity index (χ4v) is 5.34. The van der Waals surface area contributed by atoms with Crippen molar-refractivity contribution in [2.45, 2.75) is 45.4 Å². The van der Waals surface area contributed by atoms with Gasteiger partial charge in [0.1, 0.15) is 11.7 Å². The predicted molar refractivity (Wildman–Crippen MR) is 109 cm³/mol. The summed E-state index contributed by atoms with van der Waals surface area (Å²) in [7, 11) is 0. The minimum atomic E-state index is -0.594. The van der Waals surface area contributed by atoms with Crippen LogP contribution >= 0.6 is 28.4 Å². The average molecular weight is 472 g/mol. The highest BCUT2D eigenvalue weighted by Crippen LogP contribution is 2.39. The summed E-state index contributed by atoms with van der Waals surface area (Å²) in [5.41, 5.74) is 3.53. The van der Waals surface area contributed by atoms with Crippen LogP contribution in [-0.2, 0) is 14.3 Å². The van der Waals surface area contributed by atoms with E-state index in [2.05, 4.69) is 46.2 Å². The van der Waals surface area contributed by atoms with Gasteiger partial charge in [-0.1, -0.05) is 12.5 Å². The van der Waals surface area contributed by atoms with Crippen molar-refractivity contribution in [1.29, 1.82) is 0 Å². The molecule has 0 spiro atoms. The molecule has 1 heterocycles. The Morgan fingerprint density at radius 2 is 2.24 bits per heavy atom. The molecule has 5 nitrogen and oxygen atoms in total. The number of aryl methyl sites for hydroxylation is 1. The van der Waals surface area contributed by atoms with Gasteiger partial charge in [-0.3, -0.25) is 9.59 Å². The summed E-state index contributed by atoms with van der Waals surface area (Å²) in [4.78, 5) is 24.8. The second-order valence-corrected chi connectivity index (χ2v) is 8.51. The van der Waals surface area contributed by atoms with E-state index in [4.69, 9.17) is 4.74 Å². The van der Waals surface area contributed by atoms with Crippen LogP contribution in [0.1, 0.15) is 49.7 Å². The van der Waals surface area contributed by atoms with Crippen LogP contribution in [-0.4, -0.2) is 27.9 Å². The second-order valence-electron chi connectivity index (χ2n) is 6.47. The van der Waals surface area contributed by atoms with E-state index in [0.717, 1.165) is 23.7 Å². The van der Waals surface area contributed by atoms with Crippen LogP contribution in [0.5, 0.6) is 0 Å². The molecule has 0 bridgehead atoms. The number of hydrogen-bond acceptors (Lipinski definition) is 4. The van der Waals surface area contributed by atoms with Crippen LogP contribution in [0.25, 0.3) is 10.9 Å². The van der Waals surface area contributed by atoms with Crippen LogP contribution in [0.4, 0.5) is 0 Å². The molecule has 25 heavy (non-hydrogen) atoms. The molecule has 1 fully saturated rings. The number of hydrogen-bond donors (Lipinski definition) is 0. The largest absolute Gasteiger partial charge is 0.465 e. The third-order valence-electron chi connectivity index (χ3n) is 4.95. The fourth-order valence-electron chi connectivity index (χ4n) is 3.80. The summed E-state index contributed by atoms with van der Waals surface area (Å²) in [6.07, 6.45) is 5.24. The summed E-state index contributed by atoms with van der Waals surface area (Å²) in [6, 6.07) is 4.22. The van der Waals surface area contributed by atoms with E-state index in [1.807, 2.05) is 10.6 Å². The van der Waals surface area contributed by atoms with Crippen LogP contribution in [0.15, 0.2) is 18.3 Å². The molecule has 1 aliphatic rings. The lowest BCUT2D eigenvalue weighted by Crippen LogP contribution is -2.25. The van der Waals surface area contributed by atoms with E-state index in [1.54, 1.807) is 6.92 Å². The molecule has 2 aromatic rings. The highest BCUT2D eigenvalue weighted by molar-refractivity contribution is 14.2. The van der Waals surface area contributed by atoms with Crippen molar-refractivity contribution in [2.24, 2.45) is 5.92 Å². The lowest BCUT2D eigenvalue weighted by Gasteiger charge is -2.18. The number of halogens is 1. The van der Waals surface area contributed by atoms with E-state index in [0.29, 0.717) is 25.8 Å². The summed E-state index contributed by atoms with van der Waals surface area (Å²) >= 11 is 2.32. The lowest BCUT2D eigenvalue weighted by molar-refractivity contribution is -0.151. The Kier molecular flexibility index (Phi) is 6.10. The number of carbonyl (C=O) groups excluding carboxylic acids is 2. The molecule has 1 aromatic heterocycles. The fraction of sp³-hybridized carbons (Fsp3) is 0.500. The van der Waals surface area contributed by atoms with E-state index in [1.165, 1.54) is 11.1 Å². The Balaban J connectivity index is 1.93. The SMILES string of the molecule is CCOC(=O)C1CCCC(c2c(C)ccc3c2cnn3PI)CC1=O. The van der Waals surface area contributed by atoms with Gasteiger partial charge in [0.15, 0.2) is 0 Å². The third-order valence-corrected chi connectivity index (χ3v) is 6.84. The average Bonchev–Trinajstić information content (AvgIpc) is 2.90. The number of carbonyl (C=O) groups is 2. The number of aromatic nitrogens is 2. The number of rotatable bonds is 4. The molecule has 0 amide bonds. The molecular weight excluding hydrogens is 450 g/mol. The predicted octanol–water partition coefficient (Wildman–Crippen LogP) is 4.54. The van der Waals surface area contributed by atoms with Gasteiger partial charge < -0.3 is 4.74 Å². The first-order chi connectivity index (χ1) is 12.1. The van der Waals surface area contributed by atoms with Gasteiger partial charge in [0.2, 0.25) is 0 Å². The zero-order valence-electron chi connectivity index (χ0n) is 14.4. The summed E-state index contributed by atoms with van der Waals surface area (Å²) in [6.45, 7) is 4.19. The molecule has 0 aliphatic heterocycles. The van der Waals surface area contributed by atoms with E-state index < -0.39 is 5.92 Å². The molecule has 3 rings (SSSR count). The van der Waals surface area contributed by atoms with Crippen molar-refractivity contribution in [3.05, 3.63) is 29.5 Å². The molecule has 7 heteroatoms. The highest BCUT2D eigenvalue weighted by atomic mass is 127. The Bertz CT molecular complexity index is 805. The zero-order valence-corrected chi connectivity index (χ0v) is 17.6. The molecule has 3 unspecified atom stereocenters. The third kappa shape index (κ3) is 3.75. The van der Waals surface area contributed by atoms with Gasteiger partial charge >= 0.3 is 5.97 Å². The van der Waals surface area contributed by atoms with Crippen molar-refractivity contribution in [3.8, 4) is 0 Å². The first kappa shape index (κ1) is 18.8. The maximum Gasteiger partial charge on any atom is 0.316 e. The van der Waals surface area contributed by atoms with Gasteiger partial charge in [-0.15, -0.1) is 0 Å². The van der Waals surface area contributed by atoms with E-state index in [9.17, 15) is 9.59 Å². The van der Waals surface area contributed by atoms with Gasteiger partial charge in [0.25, 0.3) is 0 Å². The minimum absolute atomic E-state index is 0.0144. The maximum absolute atomic E-state index is 12.7. The maximum atomic E-state index is 12.7. The Labute approximate surface area is 162 Å². The second kappa shape index (κ2) is 8.12. The van der Waals surface area contributed by atoms with Crippen molar-refractivity contribution in [2.75, 3.05) is 6.61 Å². The number of ketones is 1. The molecular formula is C18H22IN2O3P. The number of benzene rings is 1. The number of nitrogens with zero attached hydrogens (tertiary/aromatic N) is 2. The summed E-state index contributed by atoms with van der Waals surface area (Å²) in [5.74, 6) is -0.795. The normalized spacial score (nSPS) is 21.8. The van der Waals surface area contributed by atoms with Crippen molar-refractivity contribution < 1.29 is 14.3 Å². The highest BCUT2D eigenvalue weighted by Gasteiger charge is 2.33.